The van der Waals surface area contributed by atoms with Crippen molar-refractivity contribution in [2.24, 2.45) is 5.92 Å². The van der Waals surface area contributed by atoms with Crippen LogP contribution in [0.2, 0.25) is 0 Å². The number of hydrogen-bond donors (Lipinski definition) is 1. The van der Waals surface area contributed by atoms with E-state index in [4.69, 9.17) is 0 Å². The summed E-state index contributed by atoms with van der Waals surface area (Å²) in [5, 5.41) is 5.88. The van der Waals surface area contributed by atoms with Crippen molar-refractivity contribution < 1.29 is 4.79 Å². The Bertz CT molecular complexity index is 676. The SMILES string of the molecule is CCN(Cc1ccc2ccccc2c1)C(=O)CCC1CCNCC1. The molecule has 0 saturated carbocycles. The molecule has 2 aromatic rings. The number of nitrogens with zero attached hydrogens (tertiary/aromatic N) is 1. The van der Waals surface area contributed by atoms with E-state index in [-0.39, 0.29) is 0 Å². The topological polar surface area (TPSA) is 32.3 Å². The van der Waals surface area contributed by atoms with Crippen LogP contribution in [-0.4, -0.2) is 30.4 Å². The molecule has 3 rings (SSSR count). The molecule has 0 spiro atoms. The van der Waals surface area contributed by atoms with Crippen LogP contribution in [0.1, 0.15) is 38.2 Å². The van der Waals surface area contributed by atoms with Crippen molar-refractivity contribution in [2.45, 2.75) is 39.2 Å². The molecular weight excluding hydrogens is 296 g/mol. The summed E-state index contributed by atoms with van der Waals surface area (Å²) in [5.41, 5.74) is 1.21. The first-order valence-corrected chi connectivity index (χ1v) is 9.22. The van der Waals surface area contributed by atoms with Gasteiger partial charge in [0.05, 0.1) is 0 Å². The Morgan fingerprint density at radius 2 is 1.88 bits per heavy atom. The van der Waals surface area contributed by atoms with Crippen LogP contribution in [0.5, 0.6) is 0 Å². The maximum atomic E-state index is 12.6. The van der Waals surface area contributed by atoms with E-state index in [0.29, 0.717) is 18.9 Å². The quantitative estimate of drug-likeness (QED) is 0.872. The molecule has 1 fully saturated rings. The Labute approximate surface area is 145 Å². The number of piperidine rings is 1. The van der Waals surface area contributed by atoms with Crippen LogP contribution in [0.25, 0.3) is 10.8 Å². The molecule has 0 bridgehead atoms. The van der Waals surface area contributed by atoms with E-state index >= 15 is 0 Å². The summed E-state index contributed by atoms with van der Waals surface area (Å²) in [7, 11) is 0. The second-order valence-electron chi connectivity index (χ2n) is 6.82. The second-order valence-corrected chi connectivity index (χ2v) is 6.82. The Morgan fingerprint density at radius 1 is 1.12 bits per heavy atom. The predicted octanol–water partition coefficient (Wildman–Crippen LogP) is 3.97. The van der Waals surface area contributed by atoms with E-state index in [2.05, 4.69) is 54.7 Å². The molecule has 0 atom stereocenters. The number of benzene rings is 2. The predicted molar refractivity (Wildman–Crippen MR) is 99.9 cm³/mol. The fourth-order valence-electron chi connectivity index (χ4n) is 3.59. The Kier molecular flexibility index (Phi) is 5.86. The molecule has 2 aromatic carbocycles. The van der Waals surface area contributed by atoms with Gasteiger partial charge in [0.2, 0.25) is 5.91 Å². The van der Waals surface area contributed by atoms with Crippen LogP contribution in [-0.2, 0) is 11.3 Å². The number of carbonyl (C=O) groups is 1. The summed E-state index contributed by atoms with van der Waals surface area (Å²) in [6, 6.07) is 14.9. The molecule has 1 aliphatic rings. The Balaban J connectivity index is 1.58. The summed E-state index contributed by atoms with van der Waals surface area (Å²) in [6.07, 6.45) is 4.15. The Hall–Kier alpha value is -1.87. The highest BCUT2D eigenvalue weighted by atomic mass is 16.2. The maximum absolute atomic E-state index is 12.6. The van der Waals surface area contributed by atoms with Gasteiger partial charge in [-0.2, -0.15) is 0 Å². The van der Waals surface area contributed by atoms with Crippen molar-refractivity contribution in [2.75, 3.05) is 19.6 Å². The molecule has 0 radical (unpaired) electrons. The van der Waals surface area contributed by atoms with Gasteiger partial charge in [-0.15, -0.1) is 0 Å². The first kappa shape index (κ1) is 17.0. The lowest BCUT2D eigenvalue weighted by Crippen LogP contribution is -2.32. The molecule has 128 valence electrons. The minimum absolute atomic E-state index is 0.296. The van der Waals surface area contributed by atoms with Crippen LogP contribution in [0, 0.1) is 5.92 Å². The zero-order valence-corrected chi connectivity index (χ0v) is 14.6. The monoisotopic (exact) mass is 324 g/mol. The number of fused-ring (bicyclic) bond motifs is 1. The summed E-state index contributed by atoms with van der Waals surface area (Å²) in [4.78, 5) is 14.6. The van der Waals surface area contributed by atoms with Crippen molar-refractivity contribution in [3.8, 4) is 0 Å². The van der Waals surface area contributed by atoms with E-state index < -0.39 is 0 Å². The van der Waals surface area contributed by atoms with Gasteiger partial charge >= 0.3 is 0 Å². The number of amides is 1. The third-order valence-electron chi connectivity index (χ3n) is 5.15. The van der Waals surface area contributed by atoms with E-state index in [9.17, 15) is 4.79 Å². The van der Waals surface area contributed by atoms with Gasteiger partial charge in [-0.1, -0.05) is 36.4 Å². The minimum Gasteiger partial charge on any atom is -0.339 e. The lowest BCUT2D eigenvalue weighted by atomic mass is 9.93. The highest BCUT2D eigenvalue weighted by molar-refractivity contribution is 5.83. The first-order valence-electron chi connectivity index (χ1n) is 9.22. The summed E-state index contributed by atoms with van der Waals surface area (Å²) in [5.74, 6) is 1.01. The van der Waals surface area contributed by atoms with Crippen molar-refractivity contribution in [1.29, 1.82) is 0 Å². The van der Waals surface area contributed by atoms with E-state index in [1.54, 1.807) is 0 Å². The number of hydrogen-bond acceptors (Lipinski definition) is 2. The molecule has 3 nitrogen and oxygen atoms in total. The highest BCUT2D eigenvalue weighted by Crippen LogP contribution is 2.20. The van der Waals surface area contributed by atoms with Gasteiger partial charge in [-0.05, 0) is 67.6 Å². The highest BCUT2D eigenvalue weighted by Gasteiger charge is 2.17. The zero-order valence-electron chi connectivity index (χ0n) is 14.6. The van der Waals surface area contributed by atoms with E-state index in [1.807, 2.05) is 4.90 Å². The molecule has 1 N–H and O–H groups in total. The molecule has 0 aromatic heterocycles. The van der Waals surface area contributed by atoms with E-state index in [1.165, 1.54) is 29.2 Å². The van der Waals surface area contributed by atoms with Crippen LogP contribution in [0.3, 0.4) is 0 Å². The smallest absolute Gasteiger partial charge is 0.222 e. The van der Waals surface area contributed by atoms with Crippen molar-refractivity contribution in [1.82, 2.24) is 10.2 Å². The molecule has 0 unspecified atom stereocenters. The summed E-state index contributed by atoms with van der Waals surface area (Å²) < 4.78 is 0. The molecule has 3 heteroatoms. The Morgan fingerprint density at radius 3 is 2.62 bits per heavy atom. The van der Waals surface area contributed by atoms with Crippen molar-refractivity contribution in [3.05, 3.63) is 48.0 Å². The first-order chi connectivity index (χ1) is 11.8. The minimum atomic E-state index is 0.296. The number of nitrogens with one attached hydrogen (secondary N) is 1. The average molecular weight is 324 g/mol. The van der Waals surface area contributed by atoms with Gasteiger partial charge in [0, 0.05) is 19.5 Å². The van der Waals surface area contributed by atoms with Gasteiger partial charge < -0.3 is 10.2 Å². The third kappa shape index (κ3) is 4.35. The maximum Gasteiger partial charge on any atom is 0.222 e. The van der Waals surface area contributed by atoms with Gasteiger partial charge in [0.15, 0.2) is 0 Å². The van der Waals surface area contributed by atoms with Gasteiger partial charge in [0.25, 0.3) is 0 Å². The van der Waals surface area contributed by atoms with Crippen molar-refractivity contribution in [3.63, 3.8) is 0 Å². The standard InChI is InChI=1S/C21H28N2O/c1-2-23(21(24)10-8-17-11-13-22-14-12-17)16-18-7-9-19-5-3-4-6-20(19)15-18/h3-7,9,15,17,22H,2,8,10-14,16H2,1H3. The largest absolute Gasteiger partial charge is 0.339 e. The van der Waals surface area contributed by atoms with Crippen LogP contribution < -0.4 is 5.32 Å². The number of carbonyl (C=O) groups excluding carboxylic acids is 1. The van der Waals surface area contributed by atoms with Crippen LogP contribution in [0.4, 0.5) is 0 Å². The molecule has 24 heavy (non-hydrogen) atoms. The molecule has 1 amide bonds. The zero-order chi connectivity index (χ0) is 16.8. The summed E-state index contributed by atoms with van der Waals surface area (Å²) >= 11 is 0. The van der Waals surface area contributed by atoms with Crippen LogP contribution >= 0.6 is 0 Å². The molecule has 0 aliphatic carbocycles. The fraction of sp³-hybridized carbons (Fsp3) is 0.476. The van der Waals surface area contributed by atoms with Crippen molar-refractivity contribution >= 4 is 16.7 Å². The molecule has 1 saturated heterocycles. The molecule has 1 aliphatic heterocycles. The average Bonchev–Trinajstić information content (AvgIpc) is 2.65. The second kappa shape index (κ2) is 8.29. The van der Waals surface area contributed by atoms with E-state index in [0.717, 1.165) is 32.0 Å². The van der Waals surface area contributed by atoms with Gasteiger partial charge in [-0.3, -0.25) is 4.79 Å². The molecule has 1 heterocycles. The number of rotatable bonds is 6. The van der Waals surface area contributed by atoms with Gasteiger partial charge in [-0.25, -0.2) is 0 Å². The lowest BCUT2D eigenvalue weighted by Gasteiger charge is -2.25. The summed E-state index contributed by atoms with van der Waals surface area (Å²) in [6.45, 7) is 5.77. The fourth-order valence-corrected chi connectivity index (χ4v) is 3.59. The van der Waals surface area contributed by atoms with Gasteiger partial charge in [0.1, 0.15) is 0 Å². The van der Waals surface area contributed by atoms with Crippen LogP contribution in [0.15, 0.2) is 42.5 Å². The third-order valence-corrected chi connectivity index (χ3v) is 5.15. The lowest BCUT2D eigenvalue weighted by molar-refractivity contribution is -0.132. The normalized spacial score (nSPS) is 15.5. The molecular formula is C21H28N2O.